The second-order valence-electron chi connectivity index (χ2n) is 5.43. The molecule has 2 N–H and O–H groups in total. The summed E-state index contributed by atoms with van der Waals surface area (Å²) in [5, 5.41) is 15.7. The Morgan fingerprint density at radius 3 is 2.90 bits per heavy atom. The first-order valence-electron chi connectivity index (χ1n) is 7.25. The van der Waals surface area contributed by atoms with Gasteiger partial charge >= 0.3 is 5.69 Å². The molecule has 0 saturated carbocycles. The summed E-state index contributed by atoms with van der Waals surface area (Å²) in [6.45, 7) is 6.71. The van der Waals surface area contributed by atoms with E-state index < -0.39 is 0 Å². The maximum Gasteiger partial charge on any atom is 0.333 e. The molecule has 0 spiro atoms. The molecule has 0 aromatic carbocycles. The van der Waals surface area contributed by atoms with Crippen LogP contribution in [-0.4, -0.2) is 34.3 Å². The van der Waals surface area contributed by atoms with Gasteiger partial charge in [0.25, 0.3) is 0 Å². The molecular weight excluding hydrogens is 258 g/mol. The zero-order valence-corrected chi connectivity index (χ0v) is 12.2. The summed E-state index contributed by atoms with van der Waals surface area (Å²) >= 11 is 0. The molecule has 7 heteroatoms. The van der Waals surface area contributed by atoms with Gasteiger partial charge in [-0.1, -0.05) is 6.92 Å². The van der Waals surface area contributed by atoms with E-state index in [-0.39, 0.29) is 10.6 Å². The summed E-state index contributed by atoms with van der Waals surface area (Å²) in [6, 6.07) is 0. The average Bonchev–Trinajstić information content (AvgIpc) is 2.76. The standard InChI is InChI=1S/C13H23N5O2/c1-3-6-17-13(12(18(19)20)10(2)15-17)16-7-4-5-11(8-14)9-16/h11H,3-9,14H2,1-2H3. The Morgan fingerprint density at radius 2 is 2.30 bits per heavy atom. The summed E-state index contributed by atoms with van der Waals surface area (Å²) < 4.78 is 1.78. The fourth-order valence-electron chi connectivity index (χ4n) is 2.90. The monoisotopic (exact) mass is 281 g/mol. The molecule has 0 amide bonds. The highest BCUT2D eigenvalue weighted by molar-refractivity contribution is 5.61. The van der Waals surface area contributed by atoms with Crippen LogP contribution in [0.3, 0.4) is 0 Å². The Morgan fingerprint density at radius 1 is 1.55 bits per heavy atom. The van der Waals surface area contributed by atoms with Crippen LogP contribution in [0.4, 0.5) is 11.5 Å². The Kier molecular flexibility index (Phi) is 4.59. The lowest BCUT2D eigenvalue weighted by Crippen LogP contribution is -2.39. The Hall–Kier alpha value is -1.63. The van der Waals surface area contributed by atoms with Crippen LogP contribution in [0.2, 0.25) is 0 Å². The van der Waals surface area contributed by atoms with Crippen molar-refractivity contribution in [1.82, 2.24) is 9.78 Å². The third kappa shape index (κ3) is 2.77. The number of hydrogen-bond donors (Lipinski definition) is 1. The summed E-state index contributed by atoms with van der Waals surface area (Å²) in [5.74, 6) is 1.07. The molecule has 1 unspecified atom stereocenters. The lowest BCUT2D eigenvalue weighted by molar-refractivity contribution is -0.384. The van der Waals surface area contributed by atoms with Gasteiger partial charge in [0.1, 0.15) is 5.69 Å². The van der Waals surface area contributed by atoms with Gasteiger partial charge in [-0.15, -0.1) is 0 Å². The minimum atomic E-state index is -0.310. The van der Waals surface area contributed by atoms with Crippen molar-refractivity contribution in [3.8, 4) is 0 Å². The number of aromatic nitrogens is 2. The van der Waals surface area contributed by atoms with Crippen molar-refractivity contribution in [3.63, 3.8) is 0 Å². The molecule has 2 rings (SSSR count). The first-order valence-corrected chi connectivity index (χ1v) is 7.25. The molecule has 1 fully saturated rings. The number of nitro groups is 1. The van der Waals surface area contributed by atoms with Crippen molar-refractivity contribution in [2.45, 2.75) is 39.7 Å². The summed E-state index contributed by atoms with van der Waals surface area (Å²) in [5.41, 5.74) is 6.40. The number of nitrogens with zero attached hydrogens (tertiary/aromatic N) is 4. The molecule has 1 aromatic rings. The van der Waals surface area contributed by atoms with Gasteiger partial charge in [-0.2, -0.15) is 5.10 Å². The zero-order valence-electron chi connectivity index (χ0n) is 12.2. The van der Waals surface area contributed by atoms with Crippen molar-refractivity contribution in [2.24, 2.45) is 11.7 Å². The molecule has 0 aliphatic carbocycles. The van der Waals surface area contributed by atoms with E-state index in [1.54, 1.807) is 11.6 Å². The number of nitrogens with two attached hydrogens (primary N) is 1. The van der Waals surface area contributed by atoms with Crippen molar-refractivity contribution < 1.29 is 4.92 Å². The van der Waals surface area contributed by atoms with E-state index in [0.717, 1.165) is 32.4 Å². The zero-order chi connectivity index (χ0) is 14.7. The third-order valence-corrected chi connectivity index (χ3v) is 3.84. The fraction of sp³-hybridized carbons (Fsp3) is 0.769. The Balaban J connectivity index is 2.39. The van der Waals surface area contributed by atoms with Crippen LogP contribution in [0.15, 0.2) is 0 Å². The number of hydrogen-bond acceptors (Lipinski definition) is 5. The molecule has 1 aliphatic rings. The SMILES string of the molecule is CCCn1nc(C)c([N+](=O)[O-])c1N1CCCC(CN)C1. The summed E-state index contributed by atoms with van der Waals surface area (Å²) in [4.78, 5) is 13.1. The number of piperidine rings is 1. The smallest absolute Gasteiger partial charge is 0.333 e. The first-order chi connectivity index (χ1) is 9.58. The molecule has 1 atom stereocenters. The van der Waals surface area contributed by atoms with Gasteiger partial charge in [-0.25, -0.2) is 4.68 Å². The van der Waals surface area contributed by atoms with Gasteiger partial charge in [0, 0.05) is 19.6 Å². The van der Waals surface area contributed by atoms with Gasteiger partial charge in [0.05, 0.1) is 4.92 Å². The van der Waals surface area contributed by atoms with E-state index in [0.29, 0.717) is 30.5 Å². The van der Waals surface area contributed by atoms with Crippen molar-refractivity contribution in [3.05, 3.63) is 15.8 Å². The molecule has 0 radical (unpaired) electrons. The van der Waals surface area contributed by atoms with Gasteiger partial charge in [-0.3, -0.25) is 10.1 Å². The largest absolute Gasteiger partial charge is 0.351 e. The van der Waals surface area contributed by atoms with Crippen LogP contribution in [0, 0.1) is 23.0 Å². The lowest BCUT2D eigenvalue weighted by atomic mass is 9.98. The second kappa shape index (κ2) is 6.21. The van der Waals surface area contributed by atoms with E-state index in [2.05, 4.69) is 10.00 Å². The minimum Gasteiger partial charge on any atom is -0.351 e. The predicted molar refractivity (Wildman–Crippen MR) is 77.9 cm³/mol. The van der Waals surface area contributed by atoms with E-state index in [1.165, 1.54) is 0 Å². The summed E-state index contributed by atoms with van der Waals surface area (Å²) in [6.07, 6.45) is 3.02. The van der Waals surface area contributed by atoms with Crippen LogP contribution in [0.5, 0.6) is 0 Å². The third-order valence-electron chi connectivity index (χ3n) is 3.84. The van der Waals surface area contributed by atoms with E-state index in [1.807, 2.05) is 6.92 Å². The van der Waals surface area contributed by atoms with E-state index in [9.17, 15) is 10.1 Å². The first kappa shape index (κ1) is 14.8. The van der Waals surface area contributed by atoms with Crippen molar-refractivity contribution in [1.29, 1.82) is 0 Å². The quantitative estimate of drug-likeness (QED) is 0.655. The van der Waals surface area contributed by atoms with Crippen LogP contribution < -0.4 is 10.6 Å². The molecule has 2 heterocycles. The normalized spacial score (nSPS) is 19.4. The number of anilines is 1. The lowest BCUT2D eigenvalue weighted by Gasteiger charge is -2.33. The van der Waals surface area contributed by atoms with E-state index >= 15 is 0 Å². The molecule has 7 nitrogen and oxygen atoms in total. The molecule has 1 saturated heterocycles. The Labute approximate surface area is 118 Å². The number of aryl methyl sites for hydroxylation is 2. The van der Waals surface area contributed by atoms with Crippen LogP contribution in [-0.2, 0) is 6.54 Å². The fourth-order valence-corrected chi connectivity index (χ4v) is 2.90. The second-order valence-corrected chi connectivity index (χ2v) is 5.43. The van der Waals surface area contributed by atoms with Gasteiger partial charge < -0.3 is 10.6 Å². The molecule has 1 aliphatic heterocycles. The summed E-state index contributed by atoms with van der Waals surface area (Å²) in [7, 11) is 0. The molecule has 1 aromatic heterocycles. The molecule has 0 bridgehead atoms. The molecular formula is C13H23N5O2. The highest BCUT2D eigenvalue weighted by Crippen LogP contribution is 2.34. The molecule has 112 valence electrons. The highest BCUT2D eigenvalue weighted by Gasteiger charge is 2.31. The topological polar surface area (TPSA) is 90.2 Å². The van der Waals surface area contributed by atoms with Gasteiger partial charge in [0.15, 0.2) is 0 Å². The van der Waals surface area contributed by atoms with Crippen LogP contribution in [0.1, 0.15) is 31.9 Å². The van der Waals surface area contributed by atoms with E-state index in [4.69, 9.17) is 5.73 Å². The number of rotatable bonds is 5. The maximum atomic E-state index is 11.4. The van der Waals surface area contributed by atoms with Crippen LogP contribution >= 0.6 is 0 Å². The average molecular weight is 281 g/mol. The Bertz CT molecular complexity index is 485. The minimum absolute atomic E-state index is 0.149. The van der Waals surface area contributed by atoms with Crippen LogP contribution in [0.25, 0.3) is 0 Å². The van der Waals surface area contributed by atoms with Gasteiger partial charge in [0.2, 0.25) is 5.82 Å². The molecule has 20 heavy (non-hydrogen) atoms. The van der Waals surface area contributed by atoms with Crippen molar-refractivity contribution >= 4 is 11.5 Å². The van der Waals surface area contributed by atoms with Crippen molar-refractivity contribution in [2.75, 3.05) is 24.5 Å². The predicted octanol–water partition coefficient (Wildman–Crippen LogP) is 1.68. The van der Waals surface area contributed by atoms with Gasteiger partial charge in [-0.05, 0) is 38.6 Å². The maximum absolute atomic E-state index is 11.4. The highest BCUT2D eigenvalue weighted by atomic mass is 16.6.